The van der Waals surface area contributed by atoms with Gasteiger partial charge < -0.3 is 0 Å². The zero-order valence-corrected chi connectivity index (χ0v) is 20.5. The lowest BCUT2D eigenvalue weighted by atomic mass is 10.1. The van der Waals surface area contributed by atoms with Crippen molar-refractivity contribution in [3.63, 3.8) is 0 Å². The molecular weight excluding hydrogens is 473 g/mol. The van der Waals surface area contributed by atoms with Crippen molar-refractivity contribution < 1.29 is 17.6 Å². The second-order valence-corrected chi connectivity index (χ2v) is 11.2. The van der Waals surface area contributed by atoms with Crippen LogP contribution in [0.1, 0.15) is 29.5 Å². The fourth-order valence-corrected chi connectivity index (χ4v) is 6.04. The highest BCUT2D eigenvalue weighted by Crippen LogP contribution is 2.34. The predicted octanol–water partition coefficient (Wildman–Crippen LogP) is 5.23. The average Bonchev–Trinajstić information content (AvgIpc) is 3.27. The fourth-order valence-electron chi connectivity index (χ4n) is 3.60. The zero-order valence-electron chi connectivity index (χ0n) is 18.9. The highest BCUT2D eigenvalue weighted by molar-refractivity contribution is 7.91. The molecular formula is C25H24FN3O3S2. The van der Waals surface area contributed by atoms with Crippen LogP contribution in [0, 0.1) is 19.7 Å². The van der Waals surface area contributed by atoms with E-state index in [-0.39, 0.29) is 29.4 Å². The van der Waals surface area contributed by atoms with Gasteiger partial charge in [0.1, 0.15) is 5.82 Å². The first-order chi connectivity index (χ1) is 16.2. The number of fused-ring (bicyclic) bond motifs is 1. The van der Waals surface area contributed by atoms with Gasteiger partial charge in [0.05, 0.1) is 27.4 Å². The summed E-state index contributed by atoms with van der Waals surface area (Å²) in [6.45, 7) is 4.31. The number of benzene rings is 2. The van der Waals surface area contributed by atoms with Crippen molar-refractivity contribution in [2.24, 2.45) is 0 Å². The lowest BCUT2D eigenvalue weighted by Gasteiger charge is -2.20. The predicted molar refractivity (Wildman–Crippen MR) is 132 cm³/mol. The summed E-state index contributed by atoms with van der Waals surface area (Å²) in [6, 6.07) is 12.4. The molecule has 4 rings (SSSR count). The first kappa shape index (κ1) is 24.0. The number of hydrogen-bond acceptors (Lipinski definition) is 6. The van der Waals surface area contributed by atoms with Crippen LogP contribution < -0.4 is 4.90 Å². The maximum atomic E-state index is 13.3. The highest BCUT2D eigenvalue weighted by atomic mass is 32.2. The molecule has 0 N–H and O–H groups in total. The first-order valence-corrected chi connectivity index (χ1v) is 13.3. The second-order valence-electron chi connectivity index (χ2n) is 8.09. The van der Waals surface area contributed by atoms with E-state index in [9.17, 15) is 17.6 Å². The van der Waals surface area contributed by atoms with Crippen LogP contribution in [-0.4, -0.2) is 30.0 Å². The summed E-state index contributed by atoms with van der Waals surface area (Å²) in [6.07, 6.45) is 3.52. The number of aryl methyl sites for hydroxylation is 2. The van der Waals surface area contributed by atoms with Gasteiger partial charge in [-0.05, 0) is 73.4 Å². The smallest absolute Gasteiger partial charge is 0.229 e. The van der Waals surface area contributed by atoms with Crippen LogP contribution in [0.5, 0.6) is 0 Å². The summed E-state index contributed by atoms with van der Waals surface area (Å²) < 4.78 is 39.3. The standard InChI is InChI=1S/C25H24FN3O3S2/c1-17-5-6-18(2)24-23(17)28-25(33-24)29(16-19-11-13-27-14-12-19)22(30)4-3-15-34(31,32)21-9-7-20(26)8-10-21/h5-14H,3-4,15-16H2,1-2H3. The van der Waals surface area contributed by atoms with E-state index < -0.39 is 15.7 Å². The van der Waals surface area contributed by atoms with Gasteiger partial charge >= 0.3 is 0 Å². The Hall–Kier alpha value is -3.17. The summed E-state index contributed by atoms with van der Waals surface area (Å²) in [5.41, 5.74) is 3.89. The third-order valence-electron chi connectivity index (χ3n) is 5.53. The number of anilines is 1. The minimum atomic E-state index is -3.61. The van der Waals surface area contributed by atoms with E-state index in [2.05, 4.69) is 4.98 Å². The van der Waals surface area contributed by atoms with E-state index >= 15 is 0 Å². The molecule has 0 unspecified atom stereocenters. The molecule has 6 nitrogen and oxygen atoms in total. The van der Waals surface area contributed by atoms with Crippen LogP contribution in [0.4, 0.5) is 9.52 Å². The number of carbonyl (C=O) groups is 1. The Labute approximate surface area is 202 Å². The van der Waals surface area contributed by atoms with Gasteiger partial charge in [-0.25, -0.2) is 17.8 Å². The maximum absolute atomic E-state index is 13.3. The molecule has 2 heterocycles. The summed E-state index contributed by atoms with van der Waals surface area (Å²) in [7, 11) is -3.61. The lowest BCUT2D eigenvalue weighted by Crippen LogP contribution is -2.30. The Balaban J connectivity index is 1.55. The van der Waals surface area contributed by atoms with Gasteiger partial charge in [-0.15, -0.1) is 0 Å². The molecule has 0 spiro atoms. The minimum absolute atomic E-state index is 0.0411. The van der Waals surface area contributed by atoms with Crippen molar-refractivity contribution in [3.8, 4) is 0 Å². The molecule has 0 fully saturated rings. The molecule has 0 aliphatic carbocycles. The van der Waals surface area contributed by atoms with Crippen LogP contribution in [0.2, 0.25) is 0 Å². The summed E-state index contributed by atoms with van der Waals surface area (Å²) in [4.78, 5) is 23.7. The number of nitrogens with zero attached hydrogens (tertiary/aromatic N) is 3. The summed E-state index contributed by atoms with van der Waals surface area (Å²) in [5.74, 6) is -0.909. The van der Waals surface area contributed by atoms with Gasteiger partial charge in [-0.2, -0.15) is 0 Å². The molecule has 0 radical (unpaired) electrons. The first-order valence-electron chi connectivity index (χ1n) is 10.8. The van der Waals surface area contributed by atoms with Gasteiger partial charge in [0.25, 0.3) is 0 Å². The average molecular weight is 498 g/mol. The minimum Gasteiger partial charge on any atom is -0.284 e. The third-order valence-corrected chi connectivity index (χ3v) is 8.56. The van der Waals surface area contributed by atoms with Crippen LogP contribution >= 0.6 is 11.3 Å². The molecule has 0 aliphatic rings. The highest BCUT2D eigenvalue weighted by Gasteiger charge is 2.22. The molecule has 9 heteroatoms. The number of aromatic nitrogens is 2. The van der Waals surface area contributed by atoms with E-state index in [4.69, 9.17) is 4.98 Å². The number of sulfone groups is 1. The van der Waals surface area contributed by atoms with Crippen molar-refractivity contribution in [3.05, 3.63) is 83.4 Å². The molecule has 0 aliphatic heterocycles. The molecule has 1 amide bonds. The Morgan fingerprint density at radius 1 is 1.00 bits per heavy atom. The number of thiazole rings is 1. The quantitative estimate of drug-likeness (QED) is 0.311. The van der Waals surface area contributed by atoms with Crippen molar-refractivity contribution in [1.29, 1.82) is 0 Å². The molecule has 0 saturated carbocycles. The molecule has 0 atom stereocenters. The van der Waals surface area contributed by atoms with Gasteiger partial charge in [0.2, 0.25) is 5.91 Å². The largest absolute Gasteiger partial charge is 0.284 e. The fraction of sp³-hybridized carbons (Fsp3) is 0.240. The van der Waals surface area contributed by atoms with E-state index in [0.29, 0.717) is 11.7 Å². The van der Waals surface area contributed by atoms with Crippen LogP contribution in [-0.2, 0) is 21.2 Å². The van der Waals surface area contributed by atoms with Gasteiger partial charge in [0, 0.05) is 18.8 Å². The van der Waals surface area contributed by atoms with Gasteiger partial charge in [0.15, 0.2) is 15.0 Å². The van der Waals surface area contributed by atoms with Crippen LogP contribution in [0.15, 0.2) is 65.8 Å². The lowest BCUT2D eigenvalue weighted by molar-refractivity contribution is -0.118. The van der Waals surface area contributed by atoms with Crippen LogP contribution in [0.3, 0.4) is 0 Å². The molecule has 0 saturated heterocycles. The number of halogens is 1. The Bertz CT molecular complexity index is 1380. The van der Waals surface area contributed by atoms with Gasteiger partial charge in [-0.3, -0.25) is 14.7 Å². The van der Waals surface area contributed by atoms with Crippen molar-refractivity contribution >= 4 is 42.4 Å². The molecule has 0 bridgehead atoms. The number of carbonyl (C=O) groups excluding carboxylic acids is 1. The SMILES string of the molecule is Cc1ccc(C)c2sc(N(Cc3ccncc3)C(=O)CCCS(=O)(=O)c3ccc(F)cc3)nc12. The monoisotopic (exact) mass is 497 g/mol. The molecule has 4 aromatic rings. The number of amides is 1. The molecule has 34 heavy (non-hydrogen) atoms. The molecule has 2 aromatic carbocycles. The zero-order chi connectivity index (χ0) is 24.3. The summed E-state index contributed by atoms with van der Waals surface area (Å²) in [5, 5.41) is 0.579. The van der Waals surface area contributed by atoms with E-state index in [1.54, 1.807) is 17.3 Å². The number of rotatable bonds is 8. The Morgan fingerprint density at radius 3 is 2.35 bits per heavy atom. The van der Waals surface area contributed by atoms with Crippen molar-refractivity contribution in [2.75, 3.05) is 10.7 Å². The van der Waals surface area contributed by atoms with Crippen LogP contribution in [0.25, 0.3) is 10.2 Å². The maximum Gasteiger partial charge on any atom is 0.229 e. The number of hydrogen-bond donors (Lipinski definition) is 0. The number of pyridine rings is 1. The van der Waals surface area contributed by atoms with Gasteiger partial charge in [-0.1, -0.05) is 23.5 Å². The van der Waals surface area contributed by atoms with E-state index in [1.165, 1.54) is 23.5 Å². The van der Waals surface area contributed by atoms with E-state index in [0.717, 1.165) is 39.0 Å². The van der Waals surface area contributed by atoms with E-state index in [1.807, 2.05) is 38.1 Å². The Morgan fingerprint density at radius 2 is 1.68 bits per heavy atom. The molecule has 2 aromatic heterocycles. The second kappa shape index (κ2) is 9.99. The summed E-state index contributed by atoms with van der Waals surface area (Å²) >= 11 is 1.46. The normalized spacial score (nSPS) is 11.6. The van der Waals surface area contributed by atoms with Crippen molar-refractivity contribution in [1.82, 2.24) is 9.97 Å². The topological polar surface area (TPSA) is 80.2 Å². The van der Waals surface area contributed by atoms with Crippen molar-refractivity contribution in [2.45, 2.75) is 38.1 Å². The molecule has 176 valence electrons. The third kappa shape index (κ3) is 5.31. The Kier molecular flexibility index (Phi) is 7.04.